The first kappa shape index (κ1) is 15.6. The highest BCUT2D eigenvalue weighted by Gasteiger charge is 2.22. The summed E-state index contributed by atoms with van der Waals surface area (Å²) in [6.07, 6.45) is 4.40. The summed E-state index contributed by atoms with van der Waals surface area (Å²) < 4.78 is 17.2. The van der Waals surface area contributed by atoms with E-state index in [-0.39, 0.29) is 17.4 Å². The monoisotopic (exact) mass is 339 g/mol. The molecule has 3 aromatic rings. The molecule has 0 bridgehead atoms. The Balaban J connectivity index is 1.90. The zero-order valence-electron chi connectivity index (χ0n) is 14.0. The summed E-state index contributed by atoms with van der Waals surface area (Å²) in [5, 5.41) is 8.09. The van der Waals surface area contributed by atoms with Gasteiger partial charge in [0, 0.05) is 18.2 Å². The Labute approximate surface area is 143 Å². The Hall–Kier alpha value is -2.96. The van der Waals surface area contributed by atoms with Crippen LogP contribution in [0, 0.1) is 5.82 Å². The summed E-state index contributed by atoms with van der Waals surface area (Å²) in [7, 11) is 0. The number of anilines is 1. The second-order valence-corrected chi connectivity index (χ2v) is 6.20. The summed E-state index contributed by atoms with van der Waals surface area (Å²) in [5.74, 6) is 0.224. The SMILES string of the molecule is CCC(C)Nc1nc(=O)c2cnn3c2n1CC=C3c1cccc(F)c1. The molecule has 0 radical (unpaired) electrons. The van der Waals surface area contributed by atoms with E-state index in [1.807, 2.05) is 23.6 Å². The van der Waals surface area contributed by atoms with Crippen LogP contribution < -0.4 is 10.9 Å². The summed E-state index contributed by atoms with van der Waals surface area (Å²) in [5.41, 5.74) is 1.84. The average molecular weight is 339 g/mol. The van der Waals surface area contributed by atoms with Gasteiger partial charge in [0.25, 0.3) is 5.56 Å². The molecule has 1 atom stereocenters. The van der Waals surface area contributed by atoms with Crippen molar-refractivity contribution < 1.29 is 4.39 Å². The fourth-order valence-corrected chi connectivity index (χ4v) is 3.00. The Morgan fingerprint density at radius 1 is 1.40 bits per heavy atom. The molecule has 25 heavy (non-hydrogen) atoms. The van der Waals surface area contributed by atoms with Crippen LogP contribution in [0.5, 0.6) is 0 Å². The Morgan fingerprint density at radius 3 is 3.00 bits per heavy atom. The topological polar surface area (TPSA) is 64.7 Å². The molecular weight excluding hydrogens is 321 g/mol. The van der Waals surface area contributed by atoms with E-state index in [0.29, 0.717) is 23.5 Å². The molecule has 4 rings (SSSR count). The van der Waals surface area contributed by atoms with Crippen LogP contribution in [0.15, 0.2) is 41.3 Å². The maximum atomic E-state index is 13.6. The highest BCUT2D eigenvalue weighted by molar-refractivity contribution is 5.83. The predicted octanol–water partition coefficient (Wildman–Crippen LogP) is 2.85. The molecule has 1 aliphatic heterocycles. The summed E-state index contributed by atoms with van der Waals surface area (Å²) in [6, 6.07) is 6.55. The Morgan fingerprint density at radius 2 is 2.24 bits per heavy atom. The van der Waals surface area contributed by atoms with Crippen molar-refractivity contribution in [1.82, 2.24) is 19.3 Å². The molecular formula is C18H18FN5O. The summed E-state index contributed by atoms with van der Waals surface area (Å²) in [4.78, 5) is 16.5. The number of rotatable bonds is 4. The highest BCUT2D eigenvalue weighted by atomic mass is 19.1. The minimum absolute atomic E-state index is 0.193. The number of benzene rings is 1. The Kier molecular flexibility index (Phi) is 3.63. The number of aromatic nitrogens is 4. The lowest BCUT2D eigenvalue weighted by atomic mass is 10.1. The van der Waals surface area contributed by atoms with Gasteiger partial charge >= 0.3 is 0 Å². The molecule has 2 aromatic heterocycles. The van der Waals surface area contributed by atoms with Gasteiger partial charge in [-0.25, -0.2) is 9.07 Å². The third kappa shape index (κ3) is 2.52. The molecule has 3 heterocycles. The largest absolute Gasteiger partial charge is 0.353 e. The van der Waals surface area contributed by atoms with Gasteiger partial charge < -0.3 is 5.32 Å². The molecule has 0 spiro atoms. The van der Waals surface area contributed by atoms with Crippen molar-refractivity contribution in [1.29, 1.82) is 0 Å². The molecule has 0 fully saturated rings. The molecule has 1 unspecified atom stereocenters. The van der Waals surface area contributed by atoms with Crippen LogP contribution in [0.25, 0.3) is 16.7 Å². The van der Waals surface area contributed by atoms with Crippen molar-refractivity contribution in [2.24, 2.45) is 0 Å². The number of hydrogen-bond acceptors (Lipinski definition) is 4. The van der Waals surface area contributed by atoms with Crippen molar-refractivity contribution in [2.45, 2.75) is 32.9 Å². The van der Waals surface area contributed by atoms with E-state index in [4.69, 9.17) is 0 Å². The van der Waals surface area contributed by atoms with Crippen molar-refractivity contribution in [3.05, 3.63) is 58.3 Å². The molecule has 0 saturated carbocycles. The van der Waals surface area contributed by atoms with Crippen molar-refractivity contribution in [3.8, 4) is 0 Å². The average Bonchev–Trinajstić information content (AvgIpc) is 3.05. The number of nitrogens with zero attached hydrogens (tertiary/aromatic N) is 4. The van der Waals surface area contributed by atoms with Crippen LogP contribution in [0.3, 0.4) is 0 Å². The zero-order valence-corrected chi connectivity index (χ0v) is 14.0. The van der Waals surface area contributed by atoms with Gasteiger partial charge in [-0.3, -0.25) is 9.36 Å². The van der Waals surface area contributed by atoms with Crippen LogP contribution in [-0.2, 0) is 6.54 Å². The Bertz CT molecular complexity index is 1050. The highest BCUT2D eigenvalue weighted by Crippen LogP contribution is 2.27. The number of nitrogens with one attached hydrogen (secondary N) is 1. The number of allylic oxidation sites excluding steroid dienone is 1. The third-order valence-electron chi connectivity index (χ3n) is 4.50. The van der Waals surface area contributed by atoms with E-state index in [0.717, 1.165) is 17.7 Å². The van der Waals surface area contributed by atoms with Gasteiger partial charge in [-0.05, 0) is 31.6 Å². The van der Waals surface area contributed by atoms with Crippen molar-refractivity contribution in [2.75, 3.05) is 5.32 Å². The lowest BCUT2D eigenvalue weighted by Crippen LogP contribution is -2.26. The second-order valence-electron chi connectivity index (χ2n) is 6.20. The molecule has 7 heteroatoms. The smallest absolute Gasteiger partial charge is 0.285 e. The van der Waals surface area contributed by atoms with Gasteiger partial charge in [-0.1, -0.05) is 19.1 Å². The molecule has 0 saturated heterocycles. The standard InChI is InChI=1S/C18H18FN5O/c1-3-11(2)21-18-22-16(25)14-10-20-24-15(7-8-23(18)17(14)24)12-5-4-6-13(19)9-12/h4-7,9-11H,3,8H2,1-2H3,(H,21,22,25). The zero-order chi connectivity index (χ0) is 17.6. The lowest BCUT2D eigenvalue weighted by molar-refractivity contribution is 0.627. The summed E-state index contributed by atoms with van der Waals surface area (Å²) >= 11 is 0. The first-order chi connectivity index (χ1) is 12.1. The van der Waals surface area contributed by atoms with Gasteiger partial charge in [0.05, 0.1) is 11.9 Å². The van der Waals surface area contributed by atoms with E-state index in [9.17, 15) is 9.18 Å². The molecule has 0 amide bonds. The third-order valence-corrected chi connectivity index (χ3v) is 4.50. The number of halogens is 1. The maximum Gasteiger partial charge on any atom is 0.285 e. The quantitative estimate of drug-likeness (QED) is 0.794. The van der Waals surface area contributed by atoms with E-state index in [1.54, 1.807) is 10.7 Å². The van der Waals surface area contributed by atoms with Gasteiger partial charge in [0.1, 0.15) is 11.2 Å². The molecule has 1 aromatic carbocycles. The van der Waals surface area contributed by atoms with Crippen molar-refractivity contribution in [3.63, 3.8) is 0 Å². The molecule has 6 nitrogen and oxygen atoms in total. The lowest BCUT2D eigenvalue weighted by Gasteiger charge is -2.22. The van der Waals surface area contributed by atoms with E-state index < -0.39 is 0 Å². The van der Waals surface area contributed by atoms with Crippen LogP contribution in [-0.4, -0.2) is 25.4 Å². The normalized spacial score (nSPS) is 14.4. The first-order valence-electron chi connectivity index (χ1n) is 8.30. The van der Waals surface area contributed by atoms with E-state index in [2.05, 4.69) is 22.3 Å². The summed E-state index contributed by atoms with van der Waals surface area (Å²) in [6.45, 7) is 4.63. The second kappa shape index (κ2) is 5.84. The van der Waals surface area contributed by atoms with Crippen LogP contribution in [0.2, 0.25) is 0 Å². The van der Waals surface area contributed by atoms with Crippen LogP contribution >= 0.6 is 0 Å². The molecule has 1 N–H and O–H groups in total. The van der Waals surface area contributed by atoms with Gasteiger partial charge in [-0.2, -0.15) is 10.1 Å². The maximum absolute atomic E-state index is 13.6. The van der Waals surface area contributed by atoms with Gasteiger partial charge in [0.15, 0.2) is 5.65 Å². The van der Waals surface area contributed by atoms with E-state index in [1.165, 1.54) is 18.3 Å². The first-order valence-corrected chi connectivity index (χ1v) is 8.30. The fraction of sp³-hybridized carbons (Fsp3) is 0.278. The minimum atomic E-state index is -0.316. The van der Waals surface area contributed by atoms with Gasteiger partial charge in [-0.15, -0.1) is 0 Å². The molecule has 1 aliphatic rings. The van der Waals surface area contributed by atoms with E-state index >= 15 is 0 Å². The van der Waals surface area contributed by atoms with Crippen LogP contribution in [0.1, 0.15) is 25.8 Å². The minimum Gasteiger partial charge on any atom is -0.353 e. The van der Waals surface area contributed by atoms with Gasteiger partial charge in [0.2, 0.25) is 5.95 Å². The van der Waals surface area contributed by atoms with Crippen LogP contribution in [0.4, 0.5) is 10.3 Å². The fourth-order valence-electron chi connectivity index (χ4n) is 3.00. The predicted molar refractivity (Wildman–Crippen MR) is 94.9 cm³/mol. The van der Waals surface area contributed by atoms with Crippen molar-refractivity contribution >= 4 is 22.7 Å². The molecule has 0 aliphatic carbocycles. The molecule has 128 valence electrons. The number of hydrogen-bond donors (Lipinski definition) is 1.